The molecule has 1 amide bonds. The maximum atomic E-state index is 13.3. The van der Waals surface area contributed by atoms with Gasteiger partial charge in [0.2, 0.25) is 0 Å². The van der Waals surface area contributed by atoms with Gasteiger partial charge in [0.25, 0.3) is 11.7 Å². The fourth-order valence-corrected chi connectivity index (χ4v) is 2.26. The molecular weight excluding hydrogens is 277 g/mol. The van der Waals surface area contributed by atoms with E-state index < -0.39 is 23.5 Å². The molecule has 0 bridgehead atoms. The zero-order valence-corrected chi connectivity index (χ0v) is 11.9. The first-order valence-electron chi connectivity index (χ1n) is 6.77. The van der Waals surface area contributed by atoms with Gasteiger partial charge in [-0.3, -0.25) is 19.3 Å². The summed E-state index contributed by atoms with van der Waals surface area (Å²) in [6.07, 6.45) is 1.62. The van der Waals surface area contributed by atoms with Crippen LogP contribution in [-0.2, 0) is 14.3 Å². The highest BCUT2D eigenvalue weighted by atomic mass is 19.1. The van der Waals surface area contributed by atoms with Crippen LogP contribution in [0.25, 0.3) is 0 Å². The predicted molar refractivity (Wildman–Crippen MR) is 73.7 cm³/mol. The van der Waals surface area contributed by atoms with Crippen molar-refractivity contribution in [1.82, 2.24) is 0 Å². The molecule has 5 nitrogen and oxygen atoms in total. The number of Topliss-reactive ketones (excluding diaryl/α,β-unsaturated/α-hetero) is 1. The molecule has 0 spiro atoms. The summed E-state index contributed by atoms with van der Waals surface area (Å²) >= 11 is 0. The average Bonchev–Trinajstić information content (AvgIpc) is 2.64. The van der Waals surface area contributed by atoms with Crippen LogP contribution in [0, 0.1) is 12.7 Å². The molecule has 1 aromatic rings. The van der Waals surface area contributed by atoms with Crippen LogP contribution in [0.15, 0.2) is 12.1 Å². The third kappa shape index (κ3) is 2.94. The van der Waals surface area contributed by atoms with Crippen molar-refractivity contribution in [2.24, 2.45) is 0 Å². The van der Waals surface area contributed by atoms with Crippen LogP contribution in [-0.4, -0.2) is 30.8 Å². The Labute approximate surface area is 121 Å². The number of rotatable bonds is 5. The van der Waals surface area contributed by atoms with Crippen molar-refractivity contribution in [3.05, 3.63) is 29.1 Å². The van der Waals surface area contributed by atoms with Crippen LogP contribution < -0.4 is 4.90 Å². The number of nitrogens with zero attached hydrogens (tertiary/aromatic N) is 1. The molecule has 2 rings (SSSR count). The average molecular weight is 293 g/mol. The fourth-order valence-electron chi connectivity index (χ4n) is 2.26. The lowest BCUT2D eigenvalue weighted by Gasteiger charge is -2.17. The van der Waals surface area contributed by atoms with E-state index in [-0.39, 0.29) is 18.7 Å². The Kier molecular flexibility index (Phi) is 4.35. The zero-order valence-electron chi connectivity index (χ0n) is 11.9. The lowest BCUT2D eigenvalue weighted by atomic mass is 10.1. The second kappa shape index (κ2) is 6.03. The van der Waals surface area contributed by atoms with Crippen molar-refractivity contribution in [3.63, 3.8) is 0 Å². The maximum absolute atomic E-state index is 13.3. The van der Waals surface area contributed by atoms with Gasteiger partial charge in [0.1, 0.15) is 12.4 Å². The number of carbonyl (C=O) groups excluding carboxylic acids is 3. The predicted octanol–water partition coefficient (Wildman–Crippen LogP) is 2.01. The number of esters is 1. The third-order valence-electron chi connectivity index (χ3n) is 3.27. The van der Waals surface area contributed by atoms with Crippen molar-refractivity contribution in [3.8, 4) is 0 Å². The molecule has 0 unspecified atom stereocenters. The first-order valence-corrected chi connectivity index (χ1v) is 6.77. The Morgan fingerprint density at radius 2 is 2.05 bits per heavy atom. The Morgan fingerprint density at radius 1 is 1.33 bits per heavy atom. The van der Waals surface area contributed by atoms with E-state index in [2.05, 4.69) is 0 Å². The van der Waals surface area contributed by atoms with Gasteiger partial charge in [-0.15, -0.1) is 0 Å². The number of benzene rings is 1. The minimum atomic E-state index is -0.828. The van der Waals surface area contributed by atoms with Crippen LogP contribution in [0.2, 0.25) is 0 Å². The summed E-state index contributed by atoms with van der Waals surface area (Å²) in [4.78, 5) is 36.5. The second-order valence-electron chi connectivity index (χ2n) is 4.91. The van der Waals surface area contributed by atoms with E-state index >= 15 is 0 Å². The molecule has 0 N–H and O–H groups in total. The van der Waals surface area contributed by atoms with Gasteiger partial charge in [0, 0.05) is 0 Å². The van der Waals surface area contributed by atoms with Crippen LogP contribution >= 0.6 is 0 Å². The number of aryl methyl sites for hydroxylation is 1. The molecule has 21 heavy (non-hydrogen) atoms. The molecule has 1 aromatic carbocycles. The zero-order chi connectivity index (χ0) is 15.6. The van der Waals surface area contributed by atoms with Gasteiger partial charge in [-0.05, 0) is 31.0 Å². The maximum Gasteiger partial charge on any atom is 0.326 e. The van der Waals surface area contributed by atoms with Crippen molar-refractivity contribution in [1.29, 1.82) is 0 Å². The Bertz CT molecular complexity index is 612. The molecule has 0 saturated heterocycles. The highest BCUT2D eigenvalue weighted by Gasteiger charge is 2.38. The molecule has 112 valence electrons. The molecule has 0 fully saturated rings. The second-order valence-corrected chi connectivity index (χ2v) is 4.91. The lowest BCUT2D eigenvalue weighted by Crippen LogP contribution is -2.35. The quantitative estimate of drug-likeness (QED) is 0.473. The Morgan fingerprint density at radius 3 is 2.71 bits per heavy atom. The number of carbonyl (C=O) groups is 3. The van der Waals surface area contributed by atoms with Crippen molar-refractivity contribution >= 4 is 23.3 Å². The van der Waals surface area contributed by atoms with Gasteiger partial charge in [0.15, 0.2) is 0 Å². The summed E-state index contributed by atoms with van der Waals surface area (Å²) in [7, 11) is 0. The summed E-state index contributed by atoms with van der Waals surface area (Å²) in [6, 6.07) is 2.24. The van der Waals surface area contributed by atoms with Crippen molar-refractivity contribution in [2.75, 3.05) is 18.1 Å². The molecule has 6 heteroatoms. The van der Waals surface area contributed by atoms with E-state index in [4.69, 9.17) is 4.74 Å². The molecule has 1 aliphatic rings. The molecule has 0 radical (unpaired) electrons. The highest BCUT2D eigenvalue weighted by Crippen LogP contribution is 2.33. The molecule has 1 aliphatic heterocycles. The normalized spacial score (nSPS) is 13.6. The van der Waals surface area contributed by atoms with Crippen LogP contribution in [0.4, 0.5) is 10.1 Å². The van der Waals surface area contributed by atoms with E-state index in [0.717, 1.165) is 23.8 Å². The Hall–Kier alpha value is -2.24. The van der Waals surface area contributed by atoms with Gasteiger partial charge < -0.3 is 4.74 Å². The first kappa shape index (κ1) is 15.2. The van der Waals surface area contributed by atoms with Gasteiger partial charge in [-0.1, -0.05) is 13.3 Å². The monoisotopic (exact) mass is 293 g/mol. The van der Waals surface area contributed by atoms with Crippen molar-refractivity contribution in [2.45, 2.75) is 26.7 Å². The number of amides is 1. The highest BCUT2D eigenvalue weighted by molar-refractivity contribution is 6.52. The number of fused-ring (bicyclic) bond motifs is 1. The molecule has 0 aromatic heterocycles. The molecule has 1 heterocycles. The summed E-state index contributed by atoms with van der Waals surface area (Å²) in [5, 5.41) is 0. The number of hydrogen-bond donors (Lipinski definition) is 0. The standard InChI is InChI=1S/C15H16FNO4/c1-3-4-5-21-12(18)8-17-13-9(2)6-10(16)7-11(13)14(19)15(17)20/h6-7H,3-5,8H2,1-2H3. The minimum Gasteiger partial charge on any atom is -0.464 e. The fraction of sp³-hybridized carbons (Fsp3) is 0.400. The molecule has 0 saturated carbocycles. The number of ketones is 1. The largest absolute Gasteiger partial charge is 0.464 e. The third-order valence-corrected chi connectivity index (χ3v) is 3.27. The van der Waals surface area contributed by atoms with Crippen LogP contribution in [0.3, 0.4) is 0 Å². The smallest absolute Gasteiger partial charge is 0.326 e. The number of hydrogen-bond acceptors (Lipinski definition) is 4. The SMILES string of the molecule is CCCCOC(=O)CN1C(=O)C(=O)c2cc(F)cc(C)c21. The van der Waals surface area contributed by atoms with Crippen LogP contribution in [0.5, 0.6) is 0 Å². The minimum absolute atomic E-state index is 0.00106. The van der Waals surface area contributed by atoms with E-state index in [1.165, 1.54) is 6.07 Å². The van der Waals surface area contributed by atoms with E-state index in [1.807, 2.05) is 6.92 Å². The number of ether oxygens (including phenoxy) is 1. The van der Waals surface area contributed by atoms with Gasteiger partial charge in [-0.25, -0.2) is 4.39 Å². The van der Waals surface area contributed by atoms with Gasteiger partial charge >= 0.3 is 5.97 Å². The van der Waals surface area contributed by atoms with E-state index in [0.29, 0.717) is 11.3 Å². The van der Waals surface area contributed by atoms with Crippen molar-refractivity contribution < 1.29 is 23.5 Å². The summed E-state index contributed by atoms with van der Waals surface area (Å²) in [5.74, 6) is -2.79. The molecular formula is C15H16FNO4. The van der Waals surface area contributed by atoms with Gasteiger partial charge in [0.05, 0.1) is 17.9 Å². The van der Waals surface area contributed by atoms with E-state index in [1.54, 1.807) is 6.92 Å². The summed E-state index contributed by atoms with van der Waals surface area (Å²) < 4.78 is 18.3. The first-order chi connectivity index (χ1) is 9.95. The molecule has 0 aliphatic carbocycles. The lowest BCUT2D eigenvalue weighted by molar-refractivity contribution is -0.142. The number of anilines is 1. The molecule has 0 atom stereocenters. The summed E-state index contributed by atoms with van der Waals surface area (Å²) in [6.45, 7) is 3.49. The Balaban J connectivity index is 2.21. The van der Waals surface area contributed by atoms with Gasteiger partial charge in [-0.2, -0.15) is 0 Å². The summed E-state index contributed by atoms with van der Waals surface area (Å²) in [5.41, 5.74) is 0.725. The number of unbranched alkanes of at least 4 members (excludes halogenated alkanes) is 1. The number of halogens is 1. The topological polar surface area (TPSA) is 63.7 Å². The van der Waals surface area contributed by atoms with Crippen LogP contribution in [0.1, 0.15) is 35.7 Å². The van der Waals surface area contributed by atoms with E-state index in [9.17, 15) is 18.8 Å².